The zero-order valence-electron chi connectivity index (χ0n) is 10.7. The SMILES string of the molecule is C1=CC2CC2C2=C1CCc1ccccc12.CC. The van der Waals surface area contributed by atoms with Crippen LogP contribution in [0.1, 0.15) is 37.8 Å². The van der Waals surface area contributed by atoms with Crippen LogP contribution in [-0.4, -0.2) is 0 Å². The molecule has 0 saturated heterocycles. The number of hydrogen-bond acceptors (Lipinski definition) is 0. The van der Waals surface area contributed by atoms with Crippen LogP contribution in [0, 0.1) is 11.8 Å². The van der Waals surface area contributed by atoms with E-state index < -0.39 is 0 Å². The van der Waals surface area contributed by atoms with Gasteiger partial charge in [-0.05, 0) is 53.4 Å². The van der Waals surface area contributed by atoms with Crippen LogP contribution in [-0.2, 0) is 6.42 Å². The van der Waals surface area contributed by atoms with Crippen molar-refractivity contribution in [2.24, 2.45) is 11.8 Å². The van der Waals surface area contributed by atoms with Crippen molar-refractivity contribution in [1.29, 1.82) is 0 Å². The predicted octanol–water partition coefficient (Wildman–Crippen LogP) is 4.62. The molecule has 0 heterocycles. The third-order valence-electron chi connectivity index (χ3n) is 4.07. The van der Waals surface area contributed by atoms with Gasteiger partial charge >= 0.3 is 0 Å². The monoisotopic (exact) mass is 224 g/mol. The Morgan fingerprint density at radius 1 is 1.06 bits per heavy atom. The van der Waals surface area contributed by atoms with E-state index in [1.54, 1.807) is 22.3 Å². The second-order valence-corrected chi connectivity index (χ2v) is 4.96. The molecule has 1 fully saturated rings. The molecule has 88 valence electrons. The van der Waals surface area contributed by atoms with Gasteiger partial charge in [-0.2, -0.15) is 0 Å². The molecule has 0 amide bonds. The maximum Gasteiger partial charge on any atom is -0.00841 e. The standard InChI is InChI=1S/C15H14.C2H6/c1-2-4-13-10(3-1)5-6-11-7-8-12-9-14(12)15(11)13;1-2/h1-4,7-8,12,14H,5-6,9H2;1-2H3. The molecule has 0 bridgehead atoms. The molecule has 1 aromatic carbocycles. The molecule has 0 N–H and O–H groups in total. The van der Waals surface area contributed by atoms with E-state index >= 15 is 0 Å². The summed E-state index contributed by atoms with van der Waals surface area (Å²) in [6.07, 6.45) is 8.70. The van der Waals surface area contributed by atoms with Gasteiger partial charge in [0.2, 0.25) is 0 Å². The van der Waals surface area contributed by atoms with Gasteiger partial charge in [-0.1, -0.05) is 50.3 Å². The summed E-state index contributed by atoms with van der Waals surface area (Å²) in [6, 6.07) is 8.98. The molecule has 0 spiro atoms. The van der Waals surface area contributed by atoms with Crippen LogP contribution < -0.4 is 0 Å². The smallest absolute Gasteiger partial charge is 0.00841 e. The summed E-state index contributed by atoms with van der Waals surface area (Å²) < 4.78 is 0. The van der Waals surface area contributed by atoms with Gasteiger partial charge in [-0.15, -0.1) is 0 Å². The Morgan fingerprint density at radius 2 is 1.88 bits per heavy atom. The molecule has 0 aromatic heterocycles. The number of allylic oxidation sites excluding steroid dienone is 4. The zero-order valence-corrected chi connectivity index (χ0v) is 10.7. The Hall–Kier alpha value is -1.30. The van der Waals surface area contributed by atoms with Crippen LogP contribution in [0.25, 0.3) is 5.57 Å². The highest BCUT2D eigenvalue weighted by Gasteiger charge is 2.42. The Labute approximate surface area is 104 Å². The highest BCUT2D eigenvalue weighted by molar-refractivity contribution is 5.80. The molecule has 4 rings (SSSR count). The largest absolute Gasteiger partial charge is 0.0805 e. The molecule has 0 nitrogen and oxygen atoms in total. The number of aryl methyl sites for hydroxylation is 1. The van der Waals surface area contributed by atoms with Crippen LogP contribution in [0.5, 0.6) is 0 Å². The van der Waals surface area contributed by atoms with Crippen molar-refractivity contribution < 1.29 is 0 Å². The summed E-state index contributed by atoms with van der Waals surface area (Å²) in [6.45, 7) is 4.00. The van der Waals surface area contributed by atoms with Crippen molar-refractivity contribution in [3.63, 3.8) is 0 Å². The van der Waals surface area contributed by atoms with Gasteiger partial charge in [0.05, 0.1) is 0 Å². The maximum atomic E-state index is 2.43. The first kappa shape index (κ1) is 10.8. The van der Waals surface area contributed by atoms with Gasteiger partial charge in [0.1, 0.15) is 0 Å². The molecule has 1 aromatic rings. The quantitative estimate of drug-likeness (QED) is 0.603. The fourth-order valence-electron chi connectivity index (χ4n) is 3.19. The van der Waals surface area contributed by atoms with Crippen molar-refractivity contribution in [2.45, 2.75) is 33.1 Å². The lowest BCUT2D eigenvalue weighted by molar-refractivity contribution is 0.881. The van der Waals surface area contributed by atoms with Gasteiger partial charge in [-0.3, -0.25) is 0 Å². The molecular formula is C17H20. The second kappa shape index (κ2) is 4.18. The van der Waals surface area contributed by atoms with Crippen LogP contribution in [0.15, 0.2) is 42.0 Å². The van der Waals surface area contributed by atoms with Gasteiger partial charge in [-0.25, -0.2) is 0 Å². The van der Waals surface area contributed by atoms with Crippen molar-refractivity contribution in [2.75, 3.05) is 0 Å². The van der Waals surface area contributed by atoms with E-state index in [2.05, 4.69) is 36.4 Å². The Morgan fingerprint density at radius 3 is 2.76 bits per heavy atom. The second-order valence-electron chi connectivity index (χ2n) is 4.96. The van der Waals surface area contributed by atoms with Gasteiger partial charge < -0.3 is 0 Å². The lowest BCUT2D eigenvalue weighted by atomic mass is 9.81. The van der Waals surface area contributed by atoms with Gasteiger partial charge in [0.15, 0.2) is 0 Å². The summed E-state index contributed by atoms with van der Waals surface area (Å²) in [7, 11) is 0. The van der Waals surface area contributed by atoms with Crippen molar-refractivity contribution in [3.8, 4) is 0 Å². The van der Waals surface area contributed by atoms with Crippen LogP contribution >= 0.6 is 0 Å². The van der Waals surface area contributed by atoms with Crippen molar-refractivity contribution in [1.82, 2.24) is 0 Å². The molecule has 2 unspecified atom stereocenters. The number of fused-ring (bicyclic) bond motifs is 4. The molecule has 3 aliphatic carbocycles. The highest BCUT2D eigenvalue weighted by Crippen LogP contribution is 2.55. The molecule has 0 heteroatoms. The summed E-state index contributed by atoms with van der Waals surface area (Å²) in [5.74, 6) is 1.74. The average molecular weight is 224 g/mol. The first-order chi connectivity index (χ1) is 8.43. The molecule has 1 saturated carbocycles. The molecule has 2 atom stereocenters. The Bertz CT molecular complexity index is 491. The first-order valence-corrected chi connectivity index (χ1v) is 6.93. The fourth-order valence-corrected chi connectivity index (χ4v) is 3.19. The number of hydrogen-bond donors (Lipinski definition) is 0. The lowest BCUT2D eigenvalue weighted by Gasteiger charge is -2.24. The van der Waals surface area contributed by atoms with Crippen LogP contribution in [0.2, 0.25) is 0 Å². The van der Waals surface area contributed by atoms with Gasteiger partial charge in [0, 0.05) is 0 Å². The minimum absolute atomic E-state index is 0.867. The summed E-state index contributed by atoms with van der Waals surface area (Å²) in [5.41, 5.74) is 6.42. The van der Waals surface area contributed by atoms with E-state index in [0.29, 0.717) is 0 Å². The molecule has 17 heavy (non-hydrogen) atoms. The summed E-state index contributed by atoms with van der Waals surface area (Å²) >= 11 is 0. The van der Waals surface area contributed by atoms with E-state index in [9.17, 15) is 0 Å². The van der Waals surface area contributed by atoms with Crippen LogP contribution in [0.4, 0.5) is 0 Å². The van der Waals surface area contributed by atoms with Crippen molar-refractivity contribution >= 4 is 5.57 Å². The van der Waals surface area contributed by atoms with E-state index in [-0.39, 0.29) is 0 Å². The molecule has 3 aliphatic rings. The normalized spacial score (nSPS) is 27.4. The minimum atomic E-state index is 0.867. The molecule has 0 radical (unpaired) electrons. The first-order valence-electron chi connectivity index (χ1n) is 6.93. The lowest BCUT2D eigenvalue weighted by Crippen LogP contribution is -2.07. The van der Waals surface area contributed by atoms with Crippen molar-refractivity contribution in [3.05, 3.63) is 53.1 Å². The third kappa shape index (κ3) is 1.67. The molecular weight excluding hydrogens is 204 g/mol. The zero-order chi connectivity index (χ0) is 11.8. The number of rotatable bonds is 0. The topological polar surface area (TPSA) is 0 Å². The predicted molar refractivity (Wildman–Crippen MR) is 73.8 cm³/mol. The number of benzene rings is 1. The average Bonchev–Trinajstić information content (AvgIpc) is 3.20. The third-order valence-corrected chi connectivity index (χ3v) is 4.07. The summed E-state index contributed by atoms with van der Waals surface area (Å²) in [4.78, 5) is 0. The Kier molecular flexibility index (Phi) is 2.66. The molecule has 0 aliphatic heterocycles. The van der Waals surface area contributed by atoms with E-state index in [1.165, 1.54) is 19.3 Å². The van der Waals surface area contributed by atoms with E-state index in [0.717, 1.165) is 11.8 Å². The Balaban J connectivity index is 0.000000431. The van der Waals surface area contributed by atoms with Crippen LogP contribution in [0.3, 0.4) is 0 Å². The maximum absolute atomic E-state index is 2.43. The minimum Gasteiger partial charge on any atom is -0.0805 e. The van der Waals surface area contributed by atoms with E-state index in [1.807, 2.05) is 13.8 Å². The fraction of sp³-hybridized carbons (Fsp3) is 0.412. The highest BCUT2D eigenvalue weighted by atomic mass is 14.5. The van der Waals surface area contributed by atoms with E-state index in [4.69, 9.17) is 0 Å². The summed E-state index contributed by atoms with van der Waals surface area (Å²) in [5, 5.41) is 0. The van der Waals surface area contributed by atoms with Gasteiger partial charge in [0.25, 0.3) is 0 Å².